The van der Waals surface area contributed by atoms with Crippen molar-refractivity contribution in [3.8, 4) is 0 Å². The molecule has 0 radical (unpaired) electrons. The average Bonchev–Trinajstić information content (AvgIpc) is 2.71. The summed E-state index contributed by atoms with van der Waals surface area (Å²) in [6.07, 6.45) is 2.93. The molecule has 0 aliphatic rings. The molecule has 0 bridgehead atoms. The number of hydrogen-bond acceptors (Lipinski definition) is 5. The zero-order valence-electron chi connectivity index (χ0n) is 16.1. The number of halogens is 1. The van der Waals surface area contributed by atoms with Crippen LogP contribution in [0.3, 0.4) is 0 Å². The second kappa shape index (κ2) is 10.0. The number of aliphatic hydroxyl groups is 2. The predicted molar refractivity (Wildman–Crippen MR) is 115 cm³/mol. The zero-order valence-corrected chi connectivity index (χ0v) is 16.9. The lowest BCUT2D eigenvalue weighted by Gasteiger charge is -2.15. The van der Waals surface area contributed by atoms with Crippen LogP contribution in [0.1, 0.15) is 24.8 Å². The number of methoxy groups -OCH3 is 1. The molecule has 3 aromatic rings. The number of aromatic nitrogens is 1. The van der Waals surface area contributed by atoms with Crippen molar-refractivity contribution in [3.05, 3.63) is 47.0 Å². The summed E-state index contributed by atoms with van der Waals surface area (Å²) in [5, 5.41) is 25.1. The largest absolute Gasteiger partial charge is 0.396 e. The fourth-order valence-corrected chi connectivity index (χ4v) is 3.65. The molecule has 5 nitrogen and oxygen atoms in total. The van der Waals surface area contributed by atoms with Gasteiger partial charge < -0.3 is 20.3 Å². The Kier molecular flexibility index (Phi) is 7.45. The number of hydrogen-bond donors (Lipinski definition) is 3. The van der Waals surface area contributed by atoms with Crippen molar-refractivity contribution in [2.45, 2.75) is 25.9 Å². The third kappa shape index (κ3) is 4.92. The monoisotopic (exact) mass is 402 g/mol. The van der Waals surface area contributed by atoms with Crippen molar-refractivity contribution in [2.24, 2.45) is 5.92 Å². The van der Waals surface area contributed by atoms with Gasteiger partial charge in [0.05, 0.1) is 29.9 Å². The van der Waals surface area contributed by atoms with Gasteiger partial charge in [0.2, 0.25) is 0 Å². The van der Waals surface area contributed by atoms with Gasteiger partial charge in [-0.2, -0.15) is 0 Å². The van der Waals surface area contributed by atoms with Gasteiger partial charge in [-0.3, -0.25) is 0 Å². The molecular weight excluding hydrogens is 376 g/mol. The molecule has 0 saturated heterocycles. The van der Waals surface area contributed by atoms with Gasteiger partial charge in [-0.1, -0.05) is 24.1 Å². The van der Waals surface area contributed by atoms with E-state index in [9.17, 15) is 10.2 Å². The Morgan fingerprint density at radius 3 is 2.68 bits per heavy atom. The van der Waals surface area contributed by atoms with Crippen LogP contribution in [0.4, 0.5) is 5.69 Å². The fraction of sp³-hybridized carbons (Fsp3) is 0.409. The lowest BCUT2D eigenvalue weighted by molar-refractivity contribution is 0.104. The lowest BCUT2D eigenvalue weighted by Crippen LogP contribution is -2.13. The summed E-state index contributed by atoms with van der Waals surface area (Å²) in [5.74, 6) is 0.196. The first-order chi connectivity index (χ1) is 13.7. The van der Waals surface area contributed by atoms with Crippen LogP contribution in [0, 0.1) is 5.92 Å². The van der Waals surface area contributed by atoms with Crippen molar-refractivity contribution in [1.29, 1.82) is 0 Å². The molecule has 1 aromatic heterocycles. The molecule has 1 heterocycles. The molecule has 2 aromatic carbocycles. The van der Waals surface area contributed by atoms with Crippen LogP contribution in [0.15, 0.2) is 36.4 Å². The SMILES string of the molecule is COCC(CO)CCCCNc1c2ccc(Cl)cc2nc2ccc(CO)cc12. The molecule has 3 N–H and O–H groups in total. The minimum atomic E-state index is -0.00389. The summed E-state index contributed by atoms with van der Waals surface area (Å²) >= 11 is 6.16. The van der Waals surface area contributed by atoms with Crippen molar-refractivity contribution in [2.75, 3.05) is 32.2 Å². The van der Waals surface area contributed by atoms with Crippen LogP contribution in [-0.4, -0.2) is 42.1 Å². The van der Waals surface area contributed by atoms with Gasteiger partial charge >= 0.3 is 0 Å². The van der Waals surface area contributed by atoms with Crippen molar-refractivity contribution in [1.82, 2.24) is 4.98 Å². The maximum Gasteiger partial charge on any atom is 0.0745 e. The number of fused-ring (bicyclic) bond motifs is 2. The van der Waals surface area contributed by atoms with E-state index in [2.05, 4.69) is 5.32 Å². The zero-order chi connectivity index (χ0) is 19.9. The summed E-state index contributed by atoms with van der Waals surface area (Å²) in [4.78, 5) is 4.73. The van der Waals surface area contributed by atoms with E-state index in [0.29, 0.717) is 11.6 Å². The number of pyridine rings is 1. The van der Waals surface area contributed by atoms with Gasteiger partial charge in [-0.15, -0.1) is 0 Å². The quantitative estimate of drug-likeness (QED) is 0.347. The summed E-state index contributed by atoms with van der Waals surface area (Å²) in [7, 11) is 1.66. The Morgan fingerprint density at radius 1 is 1.07 bits per heavy atom. The maximum atomic E-state index is 9.51. The van der Waals surface area contributed by atoms with Crippen LogP contribution in [-0.2, 0) is 11.3 Å². The molecular formula is C22H27ClN2O3. The molecule has 1 atom stereocenters. The first-order valence-corrected chi connectivity index (χ1v) is 10.0. The first-order valence-electron chi connectivity index (χ1n) is 9.62. The Labute approximate surface area is 170 Å². The maximum absolute atomic E-state index is 9.51. The van der Waals surface area contributed by atoms with E-state index in [0.717, 1.165) is 58.9 Å². The first kappa shape index (κ1) is 20.8. The Hall–Kier alpha value is -1.92. The highest BCUT2D eigenvalue weighted by atomic mass is 35.5. The number of aliphatic hydroxyl groups excluding tert-OH is 2. The van der Waals surface area contributed by atoms with Crippen LogP contribution in [0.25, 0.3) is 21.8 Å². The van der Waals surface area contributed by atoms with E-state index in [1.807, 2.05) is 36.4 Å². The highest BCUT2D eigenvalue weighted by Crippen LogP contribution is 2.33. The molecule has 0 saturated carbocycles. The van der Waals surface area contributed by atoms with Gasteiger partial charge in [0, 0.05) is 42.0 Å². The van der Waals surface area contributed by atoms with Crippen LogP contribution in [0.5, 0.6) is 0 Å². The number of nitrogens with one attached hydrogen (secondary N) is 1. The second-order valence-corrected chi connectivity index (χ2v) is 7.52. The minimum absolute atomic E-state index is 0.00389. The molecule has 0 fully saturated rings. The Balaban J connectivity index is 1.81. The normalized spacial score (nSPS) is 12.6. The molecule has 3 rings (SSSR count). The van der Waals surface area contributed by atoms with Crippen LogP contribution >= 0.6 is 11.6 Å². The van der Waals surface area contributed by atoms with Gasteiger partial charge in [-0.25, -0.2) is 4.98 Å². The van der Waals surface area contributed by atoms with E-state index >= 15 is 0 Å². The van der Waals surface area contributed by atoms with E-state index in [1.54, 1.807) is 7.11 Å². The third-order valence-corrected chi connectivity index (χ3v) is 5.22. The number of unbranched alkanes of at least 4 members (excludes halogenated alkanes) is 1. The molecule has 0 aliphatic heterocycles. The smallest absolute Gasteiger partial charge is 0.0745 e. The van der Waals surface area contributed by atoms with Crippen LogP contribution in [0.2, 0.25) is 5.02 Å². The molecule has 150 valence electrons. The summed E-state index contributed by atoms with van der Waals surface area (Å²) in [5.41, 5.74) is 3.59. The number of anilines is 1. The van der Waals surface area contributed by atoms with E-state index < -0.39 is 0 Å². The molecule has 1 unspecified atom stereocenters. The fourth-order valence-electron chi connectivity index (χ4n) is 3.49. The molecule has 0 spiro atoms. The average molecular weight is 403 g/mol. The van der Waals surface area contributed by atoms with Gasteiger partial charge in [0.1, 0.15) is 0 Å². The van der Waals surface area contributed by atoms with Crippen LogP contribution < -0.4 is 5.32 Å². The lowest BCUT2D eigenvalue weighted by atomic mass is 10.0. The van der Waals surface area contributed by atoms with E-state index in [4.69, 9.17) is 21.3 Å². The highest BCUT2D eigenvalue weighted by molar-refractivity contribution is 6.31. The standard InChI is InChI=1S/C22H27ClN2O3/c1-28-14-16(13-27)4-2-3-9-24-22-18-7-6-17(23)11-21(18)25-20-8-5-15(12-26)10-19(20)22/h5-8,10-11,16,26-27H,2-4,9,12-14H2,1H3,(H,24,25). The molecule has 28 heavy (non-hydrogen) atoms. The molecule has 0 aliphatic carbocycles. The van der Waals surface area contributed by atoms with Gasteiger partial charge in [0.15, 0.2) is 0 Å². The van der Waals surface area contributed by atoms with Crippen molar-refractivity contribution < 1.29 is 14.9 Å². The second-order valence-electron chi connectivity index (χ2n) is 7.08. The van der Waals surface area contributed by atoms with Gasteiger partial charge in [-0.05, 0) is 48.7 Å². The van der Waals surface area contributed by atoms with E-state index in [1.165, 1.54) is 0 Å². The number of nitrogens with zero attached hydrogens (tertiary/aromatic N) is 1. The summed E-state index contributed by atoms with van der Waals surface area (Å²) in [6, 6.07) is 11.5. The molecule has 6 heteroatoms. The third-order valence-electron chi connectivity index (χ3n) is 4.98. The van der Waals surface area contributed by atoms with Crippen molar-refractivity contribution >= 4 is 39.1 Å². The minimum Gasteiger partial charge on any atom is -0.396 e. The number of ether oxygens (including phenoxy) is 1. The Morgan fingerprint density at radius 2 is 1.93 bits per heavy atom. The Bertz CT molecular complexity index is 932. The number of benzene rings is 2. The van der Waals surface area contributed by atoms with E-state index in [-0.39, 0.29) is 19.1 Å². The summed E-state index contributed by atoms with van der Waals surface area (Å²) < 4.78 is 5.14. The van der Waals surface area contributed by atoms with Crippen molar-refractivity contribution in [3.63, 3.8) is 0 Å². The number of rotatable bonds is 10. The molecule has 0 amide bonds. The topological polar surface area (TPSA) is 74.6 Å². The van der Waals surface area contributed by atoms with Gasteiger partial charge in [0.25, 0.3) is 0 Å². The highest BCUT2D eigenvalue weighted by Gasteiger charge is 2.11. The predicted octanol–water partition coefficient (Wildman–Crippen LogP) is 4.37. The summed E-state index contributed by atoms with van der Waals surface area (Å²) in [6.45, 7) is 1.56.